The lowest BCUT2D eigenvalue weighted by Crippen LogP contribution is -2.41. The van der Waals surface area contributed by atoms with E-state index in [4.69, 9.17) is 9.31 Å². The topological polar surface area (TPSA) is 18.5 Å². The number of benzene rings is 5. The maximum atomic E-state index is 6.57. The molecule has 0 amide bonds. The van der Waals surface area contributed by atoms with Crippen LogP contribution in [0.15, 0.2) is 103 Å². The molecule has 2 heterocycles. The summed E-state index contributed by atoms with van der Waals surface area (Å²) in [5, 5.41) is 2.67. The molecule has 1 aliphatic heterocycles. The van der Waals surface area contributed by atoms with Crippen LogP contribution in [-0.2, 0) is 14.7 Å². The predicted molar refractivity (Wildman–Crippen MR) is 171 cm³/mol. The van der Waals surface area contributed by atoms with Crippen molar-refractivity contribution < 1.29 is 9.31 Å². The highest BCUT2D eigenvalue weighted by Gasteiger charge is 2.55. The summed E-state index contributed by atoms with van der Waals surface area (Å²) in [5.41, 5.74) is 10.6. The van der Waals surface area contributed by atoms with Gasteiger partial charge in [0.1, 0.15) is 0 Å². The van der Waals surface area contributed by atoms with Gasteiger partial charge in [-0.15, -0.1) is 11.3 Å². The molecule has 0 unspecified atom stereocenters. The van der Waals surface area contributed by atoms with Crippen molar-refractivity contribution in [2.24, 2.45) is 0 Å². The van der Waals surface area contributed by atoms with Gasteiger partial charge in [-0.3, -0.25) is 0 Å². The molecule has 0 N–H and O–H groups in total. The van der Waals surface area contributed by atoms with Crippen LogP contribution in [0.1, 0.15) is 49.9 Å². The van der Waals surface area contributed by atoms with E-state index in [2.05, 4.69) is 131 Å². The van der Waals surface area contributed by atoms with E-state index in [0.29, 0.717) is 0 Å². The number of hydrogen-bond donors (Lipinski definition) is 0. The molecule has 1 fully saturated rings. The summed E-state index contributed by atoms with van der Waals surface area (Å²) in [5.74, 6) is 0. The van der Waals surface area contributed by atoms with Gasteiger partial charge in [0.05, 0.1) is 16.6 Å². The van der Waals surface area contributed by atoms with Gasteiger partial charge in [-0.25, -0.2) is 0 Å². The van der Waals surface area contributed by atoms with E-state index in [1.54, 1.807) is 0 Å². The smallest absolute Gasteiger partial charge is 0.399 e. The molecule has 2 nitrogen and oxygen atoms in total. The molecule has 198 valence electrons. The Morgan fingerprint density at radius 2 is 1.20 bits per heavy atom. The molecule has 2 aliphatic carbocycles. The number of thiophene rings is 1. The first-order valence-electron chi connectivity index (χ1n) is 14.5. The molecular weight excluding hydrogens is 519 g/mol. The second kappa shape index (κ2) is 7.77. The van der Waals surface area contributed by atoms with Crippen LogP contribution in [0.25, 0.3) is 42.4 Å². The van der Waals surface area contributed by atoms with Crippen LogP contribution in [0.3, 0.4) is 0 Å². The van der Waals surface area contributed by atoms with Crippen molar-refractivity contribution in [1.82, 2.24) is 0 Å². The first-order chi connectivity index (χ1) is 19.8. The average molecular weight is 549 g/mol. The first-order valence-corrected chi connectivity index (χ1v) is 15.3. The fraction of sp³-hybridized carbons (Fsp3) is 0.189. The van der Waals surface area contributed by atoms with Crippen LogP contribution >= 0.6 is 11.3 Å². The van der Waals surface area contributed by atoms with Crippen molar-refractivity contribution in [1.29, 1.82) is 0 Å². The van der Waals surface area contributed by atoms with E-state index < -0.39 is 23.7 Å². The third-order valence-corrected chi connectivity index (χ3v) is 11.3. The maximum Gasteiger partial charge on any atom is 0.494 e. The van der Waals surface area contributed by atoms with Crippen molar-refractivity contribution in [3.05, 3.63) is 125 Å². The van der Waals surface area contributed by atoms with Crippen LogP contribution in [0.4, 0.5) is 0 Å². The van der Waals surface area contributed by atoms with Crippen molar-refractivity contribution in [3.63, 3.8) is 0 Å². The van der Waals surface area contributed by atoms with E-state index >= 15 is 0 Å². The lowest BCUT2D eigenvalue weighted by Gasteiger charge is -2.32. The molecule has 0 bridgehead atoms. The number of hydrogen-bond acceptors (Lipinski definition) is 3. The third kappa shape index (κ3) is 2.86. The van der Waals surface area contributed by atoms with Crippen molar-refractivity contribution in [2.45, 2.75) is 44.3 Å². The zero-order valence-electron chi connectivity index (χ0n) is 23.6. The summed E-state index contributed by atoms with van der Waals surface area (Å²) in [6, 6.07) is 38.5. The molecule has 41 heavy (non-hydrogen) atoms. The molecule has 0 saturated carbocycles. The standard InChI is InChI=1S/C37H29BO2S/c1-35(2)36(3,4)40-38(39-35)22-17-18-27-31(21-22)37(28-14-8-5-11-23(28)24-12-6-9-15-29(24)37)30-20-19-26-25-13-7-10-16-32(25)41-34(26)33(27)30/h5-21H,1-4H3. The van der Waals surface area contributed by atoms with Crippen LogP contribution < -0.4 is 5.46 Å². The van der Waals surface area contributed by atoms with E-state index in [9.17, 15) is 0 Å². The Labute approximate surface area is 244 Å². The van der Waals surface area contributed by atoms with E-state index in [-0.39, 0.29) is 0 Å². The summed E-state index contributed by atoms with van der Waals surface area (Å²) < 4.78 is 15.8. The first kappa shape index (κ1) is 24.0. The lowest BCUT2D eigenvalue weighted by molar-refractivity contribution is 0.00578. The molecule has 0 radical (unpaired) electrons. The van der Waals surface area contributed by atoms with Crippen LogP contribution in [-0.4, -0.2) is 18.3 Å². The fourth-order valence-corrected chi connectivity index (χ4v) is 8.81. The highest BCUT2D eigenvalue weighted by molar-refractivity contribution is 7.26. The van der Waals surface area contributed by atoms with E-state index in [1.807, 2.05) is 11.3 Å². The Morgan fingerprint density at radius 1 is 0.561 bits per heavy atom. The largest absolute Gasteiger partial charge is 0.494 e. The number of fused-ring (bicyclic) bond motifs is 14. The van der Waals surface area contributed by atoms with Gasteiger partial charge in [0.2, 0.25) is 0 Å². The Bertz CT molecular complexity index is 2020. The zero-order chi connectivity index (χ0) is 27.7. The highest BCUT2D eigenvalue weighted by atomic mass is 32.1. The Kier molecular flexibility index (Phi) is 4.54. The van der Waals surface area contributed by atoms with Gasteiger partial charge in [-0.2, -0.15) is 0 Å². The molecule has 5 aromatic carbocycles. The Hall–Kier alpha value is -3.70. The monoisotopic (exact) mass is 548 g/mol. The van der Waals surface area contributed by atoms with Gasteiger partial charge in [0.15, 0.2) is 0 Å². The third-order valence-electron chi connectivity index (χ3n) is 10.1. The van der Waals surface area contributed by atoms with Crippen molar-refractivity contribution in [2.75, 3.05) is 0 Å². The molecule has 0 atom stereocenters. The fourth-order valence-electron chi connectivity index (χ4n) is 7.55. The van der Waals surface area contributed by atoms with Crippen LogP contribution in [0, 0.1) is 0 Å². The summed E-state index contributed by atoms with van der Waals surface area (Å²) in [7, 11) is -0.415. The minimum Gasteiger partial charge on any atom is -0.399 e. The van der Waals surface area contributed by atoms with Gasteiger partial charge < -0.3 is 9.31 Å². The zero-order valence-corrected chi connectivity index (χ0v) is 24.4. The molecular formula is C37H29BO2S. The van der Waals surface area contributed by atoms with Gasteiger partial charge in [-0.05, 0) is 78.2 Å². The molecule has 6 aromatic rings. The van der Waals surface area contributed by atoms with E-state index in [0.717, 1.165) is 5.46 Å². The minimum absolute atomic E-state index is 0.396. The normalized spacial score (nSPS) is 18.6. The minimum atomic E-state index is -0.415. The lowest BCUT2D eigenvalue weighted by atomic mass is 9.68. The number of rotatable bonds is 1. The van der Waals surface area contributed by atoms with Crippen LogP contribution in [0.2, 0.25) is 0 Å². The maximum absolute atomic E-state index is 6.57. The molecule has 3 aliphatic rings. The summed E-state index contributed by atoms with van der Waals surface area (Å²) in [4.78, 5) is 0. The van der Waals surface area contributed by atoms with Gasteiger partial charge in [0.25, 0.3) is 0 Å². The van der Waals surface area contributed by atoms with Gasteiger partial charge >= 0.3 is 7.12 Å². The SMILES string of the molecule is CC1(C)OB(c2ccc3c(c2)C2(c4ccccc4-c4ccccc42)c2ccc4c(sc5ccccc54)c2-3)OC1(C)C. The average Bonchev–Trinajstić information content (AvgIpc) is 3.65. The molecule has 9 rings (SSSR count). The van der Waals surface area contributed by atoms with Gasteiger partial charge in [0, 0.05) is 25.7 Å². The summed E-state index contributed by atoms with van der Waals surface area (Å²) >= 11 is 1.91. The molecule has 1 aromatic heterocycles. The van der Waals surface area contributed by atoms with Crippen molar-refractivity contribution >= 4 is 44.1 Å². The Morgan fingerprint density at radius 3 is 1.90 bits per heavy atom. The second-order valence-electron chi connectivity index (χ2n) is 12.7. The molecule has 1 saturated heterocycles. The molecule has 1 spiro atoms. The van der Waals surface area contributed by atoms with Crippen molar-refractivity contribution in [3.8, 4) is 22.3 Å². The quantitative estimate of drug-likeness (QED) is 0.191. The Balaban J connectivity index is 1.40. The van der Waals surface area contributed by atoms with Crippen LogP contribution in [0.5, 0.6) is 0 Å². The summed E-state index contributed by atoms with van der Waals surface area (Å²) in [6.45, 7) is 8.50. The summed E-state index contributed by atoms with van der Waals surface area (Å²) in [6.07, 6.45) is 0. The molecule has 4 heteroatoms. The van der Waals surface area contributed by atoms with E-state index in [1.165, 1.54) is 64.7 Å². The highest BCUT2D eigenvalue weighted by Crippen LogP contribution is 2.64. The predicted octanol–water partition coefficient (Wildman–Crippen LogP) is 8.70. The van der Waals surface area contributed by atoms with Gasteiger partial charge in [-0.1, -0.05) is 97.1 Å². The second-order valence-corrected chi connectivity index (χ2v) is 13.7.